The zero-order valence-electron chi connectivity index (χ0n) is 12.8. The minimum Gasteiger partial charge on any atom is -0.309 e. The van der Waals surface area contributed by atoms with Gasteiger partial charge in [-0.3, -0.25) is 4.57 Å². The SMILES string of the molecule is CCCCP(=O)(OCCC(C)C)OCCC(C)C. The molecule has 0 aromatic heterocycles. The van der Waals surface area contributed by atoms with Crippen LogP contribution in [-0.4, -0.2) is 19.4 Å². The predicted molar refractivity (Wildman–Crippen MR) is 78.2 cm³/mol. The van der Waals surface area contributed by atoms with Crippen LogP contribution in [0.3, 0.4) is 0 Å². The monoisotopic (exact) mass is 278 g/mol. The second-order valence-corrected chi connectivity index (χ2v) is 7.90. The van der Waals surface area contributed by atoms with Gasteiger partial charge in [-0.1, -0.05) is 41.0 Å². The maximum Gasteiger partial charge on any atom is 0.330 e. The lowest BCUT2D eigenvalue weighted by Crippen LogP contribution is -2.06. The van der Waals surface area contributed by atoms with Crippen LogP contribution >= 0.6 is 7.60 Å². The molecule has 0 aromatic rings. The van der Waals surface area contributed by atoms with Crippen LogP contribution in [0.1, 0.15) is 60.3 Å². The van der Waals surface area contributed by atoms with E-state index in [9.17, 15) is 4.57 Å². The summed E-state index contributed by atoms with van der Waals surface area (Å²) in [6, 6.07) is 0. The van der Waals surface area contributed by atoms with Crippen LogP contribution in [0.4, 0.5) is 0 Å². The van der Waals surface area contributed by atoms with Crippen LogP contribution in [-0.2, 0) is 13.6 Å². The zero-order chi connectivity index (χ0) is 14.0. The second-order valence-electron chi connectivity index (χ2n) is 5.72. The first-order chi connectivity index (χ1) is 8.39. The zero-order valence-corrected chi connectivity index (χ0v) is 13.7. The van der Waals surface area contributed by atoms with Crippen LogP contribution in [0, 0.1) is 11.8 Å². The summed E-state index contributed by atoms with van der Waals surface area (Å²) in [4.78, 5) is 0. The third kappa shape index (κ3) is 10.1. The van der Waals surface area contributed by atoms with Crippen LogP contribution in [0.15, 0.2) is 0 Å². The number of unbranched alkanes of at least 4 members (excludes halogenated alkanes) is 1. The fourth-order valence-electron chi connectivity index (χ4n) is 1.37. The molecule has 0 heterocycles. The highest BCUT2D eigenvalue weighted by Crippen LogP contribution is 2.49. The molecule has 0 aromatic carbocycles. The Labute approximate surface area is 113 Å². The smallest absolute Gasteiger partial charge is 0.309 e. The molecule has 0 aliphatic heterocycles. The molecule has 3 nitrogen and oxygen atoms in total. The molecule has 0 spiro atoms. The maximum absolute atomic E-state index is 12.5. The van der Waals surface area contributed by atoms with E-state index in [0.29, 0.717) is 31.2 Å². The van der Waals surface area contributed by atoms with Gasteiger partial charge in [-0.15, -0.1) is 0 Å². The summed E-state index contributed by atoms with van der Waals surface area (Å²) in [5.41, 5.74) is 0. The molecule has 0 saturated heterocycles. The molecule has 4 heteroatoms. The van der Waals surface area contributed by atoms with Gasteiger partial charge in [-0.25, -0.2) is 0 Å². The van der Waals surface area contributed by atoms with Crippen LogP contribution in [0.25, 0.3) is 0 Å². The van der Waals surface area contributed by atoms with Gasteiger partial charge in [0.15, 0.2) is 0 Å². The quantitative estimate of drug-likeness (QED) is 0.493. The Kier molecular flexibility index (Phi) is 10.1. The molecule has 0 unspecified atom stereocenters. The van der Waals surface area contributed by atoms with Crippen molar-refractivity contribution in [3.8, 4) is 0 Å². The number of hydrogen-bond acceptors (Lipinski definition) is 3. The van der Waals surface area contributed by atoms with Crippen molar-refractivity contribution in [1.29, 1.82) is 0 Å². The van der Waals surface area contributed by atoms with E-state index in [-0.39, 0.29) is 0 Å². The summed E-state index contributed by atoms with van der Waals surface area (Å²) in [5, 5.41) is 0. The Morgan fingerprint density at radius 1 is 0.944 bits per heavy atom. The van der Waals surface area contributed by atoms with Gasteiger partial charge in [0.1, 0.15) is 0 Å². The van der Waals surface area contributed by atoms with Gasteiger partial charge in [0.25, 0.3) is 0 Å². The molecule has 0 aliphatic rings. The summed E-state index contributed by atoms with van der Waals surface area (Å²) in [5.74, 6) is 1.14. The van der Waals surface area contributed by atoms with E-state index in [2.05, 4.69) is 34.6 Å². The summed E-state index contributed by atoms with van der Waals surface area (Å²) >= 11 is 0. The normalized spacial score (nSPS) is 12.6. The van der Waals surface area contributed by atoms with Crippen molar-refractivity contribution in [3.05, 3.63) is 0 Å². The van der Waals surface area contributed by atoms with Crippen molar-refractivity contribution < 1.29 is 13.6 Å². The molecule has 0 rings (SSSR count). The Balaban J connectivity index is 4.11. The first-order valence-corrected chi connectivity index (χ1v) is 9.00. The summed E-state index contributed by atoms with van der Waals surface area (Å²) < 4.78 is 23.6. The summed E-state index contributed by atoms with van der Waals surface area (Å²) in [7, 11) is -2.85. The van der Waals surface area contributed by atoms with Gasteiger partial charge in [0.05, 0.1) is 19.4 Å². The third-order valence-corrected chi connectivity index (χ3v) is 4.77. The minimum absolute atomic E-state index is 0.542. The van der Waals surface area contributed by atoms with Gasteiger partial charge in [0, 0.05) is 0 Å². The average molecular weight is 278 g/mol. The van der Waals surface area contributed by atoms with Crippen molar-refractivity contribution >= 4 is 7.60 Å². The standard InChI is InChI=1S/C14H31O3P/c1-6-7-12-18(15,16-10-8-13(2)3)17-11-9-14(4)5/h13-14H,6-12H2,1-5H3. The van der Waals surface area contributed by atoms with Gasteiger partial charge < -0.3 is 9.05 Å². The van der Waals surface area contributed by atoms with E-state index >= 15 is 0 Å². The largest absolute Gasteiger partial charge is 0.330 e. The molecule has 0 saturated carbocycles. The van der Waals surface area contributed by atoms with E-state index in [1.54, 1.807) is 0 Å². The molecule has 0 amide bonds. The Morgan fingerprint density at radius 3 is 1.72 bits per heavy atom. The van der Waals surface area contributed by atoms with Crippen molar-refractivity contribution in [1.82, 2.24) is 0 Å². The molecular formula is C14H31O3P. The topological polar surface area (TPSA) is 35.5 Å². The molecule has 0 radical (unpaired) electrons. The predicted octanol–water partition coefficient (Wildman–Crippen LogP) is 5.11. The first kappa shape index (κ1) is 18.1. The highest BCUT2D eigenvalue weighted by Gasteiger charge is 2.23. The van der Waals surface area contributed by atoms with E-state index < -0.39 is 7.60 Å². The van der Waals surface area contributed by atoms with Crippen LogP contribution < -0.4 is 0 Å². The van der Waals surface area contributed by atoms with Crippen LogP contribution in [0.2, 0.25) is 0 Å². The molecule has 0 atom stereocenters. The second kappa shape index (κ2) is 10.00. The summed E-state index contributed by atoms with van der Waals surface area (Å²) in [6.07, 6.45) is 4.35. The number of hydrogen-bond donors (Lipinski definition) is 0. The minimum atomic E-state index is -2.85. The Morgan fingerprint density at radius 2 is 1.39 bits per heavy atom. The van der Waals surface area contributed by atoms with E-state index in [1.165, 1.54) is 0 Å². The molecule has 0 N–H and O–H groups in total. The molecule has 110 valence electrons. The van der Waals surface area contributed by atoms with Gasteiger partial charge in [-0.2, -0.15) is 0 Å². The van der Waals surface area contributed by atoms with Crippen molar-refractivity contribution in [2.75, 3.05) is 19.4 Å². The fourth-order valence-corrected chi connectivity index (χ4v) is 3.18. The Hall–Kier alpha value is 0.150. The molecule has 0 aliphatic carbocycles. The molecule has 18 heavy (non-hydrogen) atoms. The molecule has 0 bridgehead atoms. The lowest BCUT2D eigenvalue weighted by atomic mass is 10.2. The van der Waals surface area contributed by atoms with Crippen LogP contribution in [0.5, 0.6) is 0 Å². The van der Waals surface area contributed by atoms with Crippen molar-refractivity contribution in [3.63, 3.8) is 0 Å². The molecule has 0 fully saturated rings. The fraction of sp³-hybridized carbons (Fsp3) is 1.00. The van der Waals surface area contributed by atoms with Gasteiger partial charge >= 0.3 is 7.60 Å². The third-order valence-electron chi connectivity index (χ3n) is 2.75. The summed E-state index contributed by atoms with van der Waals surface area (Å²) in [6.45, 7) is 11.7. The number of rotatable bonds is 11. The van der Waals surface area contributed by atoms with E-state index in [4.69, 9.17) is 9.05 Å². The highest BCUT2D eigenvalue weighted by molar-refractivity contribution is 7.53. The van der Waals surface area contributed by atoms with Gasteiger partial charge in [-0.05, 0) is 31.1 Å². The lowest BCUT2D eigenvalue weighted by Gasteiger charge is -2.19. The lowest BCUT2D eigenvalue weighted by molar-refractivity contribution is 0.188. The first-order valence-electron chi connectivity index (χ1n) is 7.27. The van der Waals surface area contributed by atoms with E-state index in [0.717, 1.165) is 25.7 Å². The maximum atomic E-state index is 12.5. The van der Waals surface area contributed by atoms with Crippen molar-refractivity contribution in [2.24, 2.45) is 11.8 Å². The van der Waals surface area contributed by atoms with Crippen molar-refractivity contribution in [2.45, 2.75) is 60.3 Å². The highest BCUT2D eigenvalue weighted by atomic mass is 31.2. The van der Waals surface area contributed by atoms with Gasteiger partial charge in [0.2, 0.25) is 0 Å². The average Bonchev–Trinajstić information content (AvgIpc) is 2.25. The van der Waals surface area contributed by atoms with E-state index in [1.807, 2.05) is 0 Å². The molecular weight excluding hydrogens is 247 g/mol. The Bertz CT molecular complexity index is 221.